The highest BCUT2D eigenvalue weighted by atomic mass is 16.5. The molecule has 8 rings (SSSR count). The number of rotatable bonds is 5. The molecular weight excluding hydrogens is 689 g/mol. The fraction of sp³-hybridized carbons (Fsp3) is 0.617. The molecule has 2 aromatic rings. The standard InChI is InChI=1S/C47H62N2O6/c1-24(2)36-39(52)34-33-26(29-23-43(6,7)55-44(8,9)35(29)38(33)51)22-27-28-21-25-16-17-31-45(10,19-14-15-30(54-13)41(53)48-42(3,4)5)32(50)18-20-46(31,11)47(25,12)40(28)49(36)37(27)34/h14-15,19,22-23,25,31-32,35-36,38,50-51H,1,16-18,20-21H2,2-13H3,(H,48,53)/b19-14+,30-15-/t25?,31-,32-,35?,36-,38+,45-,46-,47+/m0/s1. The third-order valence-electron chi connectivity index (χ3n) is 15.2. The van der Waals surface area contributed by atoms with Crippen LogP contribution in [0.3, 0.4) is 0 Å². The van der Waals surface area contributed by atoms with Crippen LogP contribution in [-0.2, 0) is 26.1 Å². The van der Waals surface area contributed by atoms with Crippen LogP contribution in [0.4, 0.5) is 0 Å². The minimum Gasteiger partial charge on any atom is -0.491 e. The van der Waals surface area contributed by atoms with Crippen LogP contribution in [0.2, 0.25) is 0 Å². The van der Waals surface area contributed by atoms with Gasteiger partial charge < -0.3 is 29.6 Å². The van der Waals surface area contributed by atoms with E-state index in [0.29, 0.717) is 17.9 Å². The van der Waals surface area contributed by atoms with Gasteiger partial charge in [0.25, 0.3) is 5.91 Å². The summed E-state index contributed by atoms with van der Waals surface area (Å²) in [6.07, 6.45) is 10.9. The molecule has 0 bridgehead atoms. The van der Waals surface area contributed by atoms with Crippen molar-refractivity contribution in [3.05, 3.63) is 76.2 Å². The van der Waals surface area contributed by atoms with E-state index in [0.717, 1.165) is 58.9 Å². The molecule has 1 aromatic heterocycles. The second kappa shape index (κ2) is 11.8. The average molecular weight is 751 g/mol. The van der Waals surface area contributed by atoms with Crippen LogP contribution in [0, 0.1) is 28.6 Å². The van der Waals surface area contributed by atoms with Gasteiger partial charge in [0.05, 0.1) is 41.6 Å². The number of aliphatic hydroxyl groups excluding tert-OH is 2. The zero-order chi connectivity index (χ0) is 40.2. The minimum atomic E-state index is -0.864. The number of fused-ring (bicyclic) bond motifs is 11. The Morgan fingerprint density at radius 3 is 2.42 bits per heavy atom. The molecule has 2 aliphatic heterocycles. The van der Waals surface area contributed by atoms with Gasteiger partial charge in [0.2, 0.25) is 0 Å². The first kappa shape index (κ1) is 38.4. The highest BCUT2D eigenvalue weighted by Gasteiger charge is 2.68. The topological polar surface area (TPSA) is 110 Å². The monoisotopic (exact) mass is 750 g/mol. The van der Waals surface area contributed by atoms with Gasteiger partial charge in [0.1, 0.15) is 6.04 Å². The van der Waals surface area contributed by atoms with E-state index in [2.05, 4.69) is 83.1 Å². The number of aliphatic hydroxyl groups is 2. The fourth-order valence-electron chi connectivity index (χ4n) is 13.1. The second-order valence-corrected chi connectivity index (χ2v) is 20.6. The predicted octanol–water partition coefficient (Wildman–Crippen LogP) is 8.60. The van der Waals surface area contributed by atoms with Gasteiger partial charge in [-0.15, -0.1) is 0 Å². The number of allylic oxidation sites excluding steroid dienone is 3. The van der Waals surface area contributed by atoms with Crippen LogP contribution in [0.1, 0.15) is 147 Å². The van der Waals surface area contributed by atoms with Crippen LogP contribution in [0.25, 0.3) is 16.5 Å². The van der Waals surface area contributed by atoms with Crippen molar-refractivity contribution in [2.24, 2.45) is 28.6 Å². The van der Waals surface area contributed by atoms with E-state index in [1.165, 1.54) is 18.4 Å². The number of nitrogens with one attached hydrogen (secondary N) is 1. The summed E-state index contributed by atoms with van der Waals surface area (Å²) in [5.74, 6) is 0.187. The number of Topliss-reactive ketones (excluding diaryl/α,β-unsaturated/α-hetero) is 1. The molecule has 3 N–H and O–H groups in total. The molecule has 1 aromatic carbocycles. The van der Waals surface area contributed by atoms with Gasteiger partial charge in [-0.05, 0) is 140 Å². The summed E-state index contributed by atoms with van der Waals surface area (Å²) in [6.45, 7) is 27.5. The Morgan fingerprint density at radius 1 is 1.09 bits per heavy atom. The van der Waals surface area contributed by atoms with E-state index in [4.69, 9.17) is 9.47 Å². The first-order chi connectivity index (χ1) is 25.4. The zero-order valence-corrected chi connectivity index (χ0v) is 35.1. The molecule has 0 spiro atoms. The Hall–Kier alpha value is -3.46. The molecule has 3 heterocycles. The van der Waals surface area contributed by atoms with Gasteiger partial charge in [-0.2, -0.15) is 0 Å². The Labute approximate surface area is 327 Å². The lowest BCUT2D eigenvalue weighted by Crippen LogP contribution is -2.62. The second-order valence-electron chi connectivity index (χ2n) is 20.6. The van der Waals surface area contributed by atoms with Crippen molar-refractivity contribution in [1.82, 2.24) is 9.88 Å². The molecule has 8 nitrogen and oxygen atoms in total. The third-order valence-corrected chi connectivity index (χ3v) is 15.2. The van der Waals surface area contributed by atoms with Crippen molar-refractivity contribution in [1.29, 1.82) is 0 Å². The largest absolute Gasteiger partial charge is 0.491 e. The molecule has 55 heavy (non-hydrogen) atoms. The number of ether oxygens (including phenoxy) is 2. The Balaban J connectivity index is 1.29. The number of amides is 1. The summed E-state index contributed by atoms with van der Waals surface area (Å²) in [5.41, 5.74) is 5.15. The van der Waals surface area contributed by atoms with Crippen LogP contribution in [-0.4, -0.2) is 56.4 Å². The predicted molar refractivity (Wildman–Crippen MR) is 217 cm³/mol. The van der Waals surface area contributed by atoms with E-state index >= 15 is 0 Å². The van der Waals surface area contributed by atoms with Gasteiger partial charge in [-0.3, -0.25) is 9.59 Å². The molecule has 1 amide bonds. The van der Waals surface area contributed by atoms with Crippen molar-refractivity contribution >= 4 is 28.2 Å². The lowest BCUT2D eigenvalue weighted by Gasteiger charge is -2.64. The molecule has 6 aliphatic rings. The van der Waals surface area contributed by atoms with Crippen molar-refractivity contribution < 1.29 is 29.3 Å². The molecule has 0 saturated heterocycles. The number of benzene rings is 1. The molecular formula is C47H62N2O6. The van der Waals surface area contributed by atoms with Gasteiger partial charge in [0, 0.05) is 38.9 Å². The fourth-order valence-corrected chi connectivity index (χ4v) is 13.1. The Bertz CT molecular complexity index is 2160. The lowest BCUT2D eigenvalue weighted by atomic mass is 9.40. The maximum absolute atomic E-state index is 14.9. The number of hydrogen-bond acceptors (Lipinski definition) is 6. The quantitative estimate of drug-likeness (QED) is 0.122. The number of aromatic nitrogens is 1. The average Bonchev–Trinajstić information content (AvgIpc) is 3.73. The van der Waals surface area contributed by atoms with E-state index < -0.39 is 40.4 Å². The van der Waals surface area contributed by atoms with Crippen molar-refractivity contribution in [2.45, 2.75) is 149 Å². The third kappa shape index (κ3) is 5.05. The molecule has 0 radical (unpaired) electrons. The highest BCUT2D eigenvalue weighted by Crippen LogP contribution is 2.71. The first-order valence-electron chi connectivity index (χ1n) is 20.4. The van der Waals surface area contributed by atoms with Crippen LogP contribution in [0.15, 0.2) is 48.3 Å². The minimum absolute atomic E-state index is 0.0241. The van der Waals surface area contributed by atoms with Crippen molar-refractivity contribution in [3.8, 4) is 0 Å². The summed E-state index contributed by atoms with van der Waals surface area (Å²) in [6, 6.07) is 1.76. The van der Waals surface area contributed by atoms with E-state index in [1.807, 2.05) is 33.8 Å². The molecule has 8 heteroatoms. The number of ketones is 1. The molecule has 4 aliphatic carbocycles. The molecule has 2 unspecified atom stereocenters. The van der Waals surface area contributed by atoms with Gasteiger partial charge in [-0.1, -0.05) is 45.1 Å². The summed E-state index contributed by atoms with van der Waals surface area (Å²) in [7, 11) is 1.51. The van der Waals surface area contributed by atoms with Crippen molar-refractivity contribution in [2.75, 3.05) is 7.11 Å². The number of hydrogen-bond donors (Lipinski definition) is 3. The zero-order valence-electron chi connectivity index (χ0n) is 35.1. The van der Waals surface area contributed by atoms with E-state index in [1.54, 1.807) is 6.08 Å². The number of methoxy groups -OCH3 is 1. The molecule has 2 fully saturated rings. The smallest absolute Gasteiger partial charge is 0.286 e. The van der Waals surface area contributed by atoms with Gasteiger partial charge in [0.15, 0.2) is 11.5 Å². The van der Waals surface area contributed by atoms with E-state index in [9.17, 15) is 19.8 Å². The van der Waals surface area contributed by atoms with Gasteiger partial charge in [-0.25, -0.2) is 0 Å². The molecule has 9 atom stereocenters. The highest BCUT2D eigenvalue weighted by molar-refractivity contribution is 6.18. The van der Waals surface area contributed by atoms with Crippen LogP contribution in [0.5, 0.6) is 0 Å². The summed E-state index contributed by atoms with van der Waals surface area (Å²) in [5, 5.41) is 28.2. The van der Waals surface area contributed by atoms with Crippen LogP contribution < -0.4 is 5.32 Å². The van der Waals surface area contributed by atoms with Gasteiger partial charge >= 0.3 is 0 Å². The summed E-state index contributed by atoms with van der Waals surface area (Å²) in [4.78, 5) is 27.9. The molecule has 296 valence electrons. The maximum Gasteiger partial charge on any atom is 0.286 e. The number of carbonyl (C=O) groups excluding carboxylic acids is 2. The Morgan fingerprint density at radius 2 is 1.78 bits per heavy atom. The normalized spacial score (nSPS) is 36.9. The van der Waals surface area contributed by atoms with Crippen LogP contribution >= 0.6 is 0 Å². The number of nitrogens with zero attached hydrogens (tertiary/aromatic N) is 1. The number of carbonyl (C=O) groups is 2. The first-order valence-corrected chi connectivity index (χ1v) is 20.4. The summed E-state index contributed by atoms with van der Waals surface area (Å²) < 4.78 is 14.4. The lowest BCUT2D eigenvalue weighted by molar-refractivity contribution is -0.144. The van der Waals surface area contributed by atoms with E-state index in [-0.39, 0.29) is 40.1 Å². The SMILES string of the molecule is C=C(C)[C@H]1C(=O)c2c3c(cc4c5c(n1c24)[C@@]1(C)C(CC[C@H]2[C@](C)(/C=C/C=C(\OC)C(=O)NC(C)(C)C)[C@@H](O)CC[C@@]21C)C5)C1=CC(C)(C)OC(C)(C)C1[C@@H]3O. The maximum atomic E-state index is 14.9. The summed E-state index contributed by atoms with van der Waals surface area (Å²) >= 11 is 0. The van der Waals surface area contributed by atoms with Crippen molar-refractivity contribution in [3.63, 3.8) is 0 Å². The Kier molecular flexibility index (Phi) is 8.24. The molecule has 2 saturated carbocycles.